The number of fused-ring (bicyclic) bond motifs is 3. The summed E-state index contributed by atoms with van der Waals surface area (Å²) >= 11 is 2.77. The summed E-state index contributed by atoms with van der Waals surface area (Å²) in [4.78, 5) is 31.9. The number of rotatable bonds is 4. The fourth-order valence-corrected chi connectivity index (χ4v) is 5.40. The van der Waals surface area contributed by atoms with Crippen LogP contribution in [0.5, 0.6) is 0 Å². The van der Waals surface area contributed by atoms with Crippen LogP contribution in [0.3, 0.4) is 0 Å². The average molecular weight is 404 g/mol. The number of thiophene rings is 1. The molecule has 3 aromatic rings. The number of halogens is 1. The number of hydrogen-bond donors (Lipinski definition) is 1. The van der Waals surface area contributed by atoms with Gasteiger partial charge in [0.25, 0.3) is 5.56 Å². The van der Waals surface area contributed by atoms with E-state index in [1.807, 2.05) is 0 Å². The maximum Gasteiger partial charge on any atom is 0.262 e. The average Bonchev–Trinajstić information content (AvgIpc) is 3.22. The lowest BCUT2D eigenvalue weighted by molar-refractivity contribution is -0.115. The second-order valence-corrected chi connectivity index (χ2v) is 8.92. The minimum atomic E-state index is -0.535. The Kier molecular flexibility index (Phi) is 4.77. The summed E-state index contributed by atoms with van der Waals surface area (Å²) in [6, 6.07) is 6.03. The topological polar surface area (TPSA) is 64.0 Å². The number of nitrogens with one attached hydrogen (secondary N) is 1. The third-order valence-corrected chi connectivity index (χ3v) is 7.02. The zero-order chi connectivity index (χ0) is 19.1. The maximum absolute atomic E-state index is 13.7. The number of para-hydroxylation sites is 1. The lowest BCUT2D eigenvalue weighted by Crippen LogP contribution is -2.25. The van der Waals surface area contributed by atoms with Gasteiger partial charge in [0.05, 0.1) is 16.3 Å². The van der Waals surface area contributed by atoms with E-state index in [1.165, 1.54) is 33.3 Å². The number of carbonyl (C=O) groups is 1. The van der Waals surface area contributed by atoms with Crippen molar-refractivity contribution in [3.63, 3.8) is 0 Å². The van der Waals surface area contributed by atoms with E-state index in [0.717, 1.165) is 35.0 Å². The number of nitrogens with zero attached hydrogens (tertiary/aromatic N) is 2. The molecule has 0 saturated heterocycles. The van der Waals surface area contributed by atoms with Crippen LogP contribution in [-0.4, -0.2) is 20.7 Å². The molecule has 0 radical (unpaired) electrons. The van der Waals surface area contributed by atoms with Crippen LogP contribution in [0.25, 0.3) is 10.2 Å². The highest BCUT2D eigenvalue weighted by molar-refractivity contribution is 8.00. The lowest BCUT2D eigenvalue weighted by atomic mass is 10.2. The number of carbonyl (C=O) groups excluding carboxylic acids is 1. The molecule has 1 amide bonds. The van der Waals surface area contributed by atoms with E-state index in [-0.39, 0.29) is 17.2 Å². The Balaban J connectivity index is 1.59. The first kappa shape index (κ1) is 18.2. The first-order valence-corrected chi connectivity index (χ1v) is 10.4. The van der Waals surface area contributed by atoms with Crippen molar-refractivity contribution < 1.29 is 9.18 Å². The van der Waals surface area contributed by atoms with Crippen molar-refractivity contribution in [3.8, 4) is 0 Å². The van der Waals surface area contributed by atoms with Gasteiger partial charge in [0.15, 0.2) is 5.16 Å². The third kappa shape index (κ3) is 3.27. The van der Waals surface area contributed by atoms with Gasteiger partial charge in [-0.25, -0.2) is 9.37 Å². The van der Waals surface area contributed by atoms with E-state index in [1.54, 1.807) is 37.4 Å². The van der Waals surface area contributed by atoms with Crippen molar-refractivity contribution in [2.75, 3.05) is 5.32 Å². The molecule has 4 rings (SSSR count). The van der Waals surface area contributed by atoms with Crippen LogP contribution >= 0.6 is 23.1 Å². The Morgan fingerprint density at radius 2 is 2.15 bits per heavy atom. The van der Waals surface area contributed by atoms with E-state index < -0.39 is 11.1 Å². The SMILES string of the molecule is C[C@H](Sc1nc2sc3c(c2c(=O)n1C)CCC3)C(=O)Nc1ccccc1F. The van der Waals surface area contributed by atoms with Crippen LogP contribution < -0.4 is 10.9 Å². The molecule has 0 bridgehead atoms. The van der Waals surface area contributed by atoms with Gasteiger partial charge in [-0.15, -0.1) is 11.3 Å². The Bertz CT molecular complexity index is 1110. The molecule has 5 nitrogen and oxygen atoms in total. The zero-order valence-electron chi connectivity index (χ0n) is 14.9. The number of amides is 1. The molecule has 2 aromatic heterocycles. The normalized spacial score (nSPS) is 14.3. The van der Waals surface area contributed by atoms with Crippen molar-refractivity contribution in [2.24, 2.45) is 7.05 Å². The highest BCUT2D eigenvalue weighted by Crippen LogP contribution is 2.35. The Morgan fingerprint density at radius 1 is 1.37 bits per heavy atom. The Labute approximate surface area is 163 Å². The molecule has 0 unspecified atom stereocenters. The smallest absolute Gasteiger partial charge is 0.262 e. The first-order chi connectivity index (χ1) is 13.0. The molecule has 140 valence electrons. The van der Waals surface area contributed by atoms with E-state index >= 15 is 0 Å². The van der Waals surface area contributed by atoms with Crippen molar-refractivity contribution in [3.05, 3.63) is 50.9 Å². The standard InChI is InChI=1S/C19H18FN3O2S2/c1-10(16(24)21-13-8-4-3-7-12(13)20)26-19-22-17-15(18(25)23(19)2)11-6-5-9-14(11)27-17/h3-4,7-8,10H,5-6,9H2,1-2H3,(H,21,24)/t10-/m0/s1. The summed E-state index contributed by atoms with van der Waals surface area (Å²) in [6.07, 6.45) is 3.02. The third-order valence-electron chi connectivity index (χ3n) is 4.69. The van der Waals surface area contributed by atoms with Crippen molar-refractivity contribution >= 4 is 44.9 Å². The van der Waals surface area contributed by atoms with Gasteiger partial charge in [0, 0.05) is 11.9 Å². The predicted octanol–water partition coefficient (Wildman–Crippen LogP) is 3.74. The van der Waals surface area contributed by atoms with E-state index in [4.69, 9.17) is 0 Å². The first-order valence-electron chi connectivity index (χ1n) is 8.69. The van der Waals surface area contributed by atoms with Gasteiger partial charge < -0.3 is 5.32 Å². The van der Waals surface area contributed by atoms with E-state index in [2.05, 4.69) is 10.3 Å². The van der Waals surface area contributed by atoms with Crippen molar-refractivity contribution in [1.29, 1.82) is 0 Å². The van der Waals surface area contributed by atoms with Crippen molar-refractivity contribution in [2.45, 2.75) is 36.6 Å². The molecule has 2 heterocycles. The minimum Gasteiger partial charge on any atom is -0.323 e. The van der Waals surface area contributed by atoms with Crippen LogP contribution in [0.15, 0.2) is 34.2 Å². The quantitative estimate of drug-likeness (QED) is 0.532. The molecule has 1 aliphatic carbocycles. The molecule has 8 heteroatoms. The van der Waals surface area contributed by atoms with Gasteiger partial charge in [-0.3, -0.25) is 14.2 Å². The van der Waals surface area contributed by atoms with Crippen LogP contribution in [0.4, 0.5) is 10.1 Å². The summed E-state index contributed by atoms with van der Waals surface area (Å²) in [7, 11) is 1.68. The second-order valence-electron chi connectivity index (χ2n) is 6.53. The summed E-state index contributed by atoms with van der Waals surface area (Å²) < 4.78 is 15.2. The molecule has 27 heavy (non-hydrogen) atoms. The molecule has 1 atom stereocenters. The van der Waals surface area contributed by atoms with Crippen molar-refractivity contribution in [1.82, 2.24) is 9.55 Å². The molecule has 1 aromatic carbocycles. The molecular formula is C19H18FN3O2S2. The molecule has 1 aliphatic rings. The van der Waals surface area contributed by atoms with Gasteiger partial charge in [0.2, 0.25) is 5.91 Å². The van der Waals surface area contributed by atoms with Crippen LogP contribution in [0, 0.1) is 5.82 Å². The van der Waals surface area contributed by atoms with Gasteiger partial charge in [0.1, 0.15) is 10.6 Å². The van der Waals surface area contributed by atoms with Gasteiger partial charge >= 0.3 is 0 Å². The van der Waals surface area contributed by atoms with Gasteiger partial charge in [-0.05, 0) is 43.9 Å². The zero-order valence-corrected chi connectivity index (χ0v) is 16.5. The summed E-state index contributed by atoms with van der Waals surface area (Å²) in [5.74, 6) is -0.823. The largest absolute Gasteiger partial charge is 0.323 e. The number of aryl methyl sites for hydroxylation is 2. The van der Waals surface area contributed by atoms with Gasteiger partial charge in [-0.2, -0.15) is 0 Å². The van der Waals surface area contributed by atoms with E-state index in [9.17, 15) is 14.0 Å². The molecule has 1 N–H and O–H groups in total. The molecule has 0 fully saturated rings. The predicted molar refractivity (Wildman–Crippen MR) is 107 cm³/mol. The molecular weight excluding hydrogens is 385 g/mol. The van der Waals surface area contributed by atoms with Crippen LogP contribution in [-0.2, 0) is 24.7 Å². The number of benzene rings is 1. The number of thioether (sulfide) groups is 1. The molecule has 0 aliphatic heterocycles. The monoisotopic (exact) mass is 403 g/mol. The second kappa shape index (κ2) is 7.09. The molecule has 0 spiro atoms. The summed E-state index contributed by atoms with van der Waals surface area (Å²) in [5, 5.41) is 3.26. The highest BCUT2D eigenvalue weighted by Gasteiger charge is 2.24. The summed E-state index contributed by atoms with van der Waals surface area (Å²) in [6.45, 7) is 1.71. The fraction of sp³-hybridized carbons (Fsp3) is 0.316. The number of hydrogen-bond acceptors (Lipinski definition) is 5. The molecule has 0 saturated carbocycles. The Hall–Kier alpha value is -2.19. The fourth-order valence-electron chi connectivity index (χ4n) is 3.22. The van der Waals surface area contributed by atoms with E-state index in [0.29, 0.717) is 5.16 Å². The van der Waals surface area contributed by atoms with Crippen LogP contribution in [0.1, 0.15) is 23.8 Å². The minimum absolute atomic E-state index is 0.0661. The number of anilines is 1. The lowest BCUT2D eigenvalue weighted by Gasteiger charge is -2.14. The Morgan fingerprint density at radius 3 is 2.93 bits per heavy atom. The van der Waals surface area contributed by atoms with Gasteiger partial charge in [-0.1, -0.05) is 23.9 Å². The van der Waals surface area contributed by atoms with Crippen LogP contribution in [0.2, 0.25) is 0 Å². The summed E-state index contributed by atoms with van der Waals surface area (Å²) in [5.41, 5.74) is 1.22. The number of aromatic nitrogens is 2. The highest BCUT2D eigenvalue weighted by atomic mass is 32.2. The maximum atomic E-state index is 13.7.